The van der Waals surface area contributed by atoms with E-state index in [0.29, 0.717) is 27.2 Å². The van der Waals surface area contributed by atoms with Gasteiger partial charge in [0.1, 0.15) is 0 Å². The Bertz CT molecular complexity index is 759. The average Bonchev–Trinajstić information content (AvgIpc) is 2.52. The van der Waals surface area contributed by atoms with Crippen molar-refractivity contribution in [2.45, 2.75) is 19.4 Å². The van der Waals surface area contributed by atoms with E-state index in [2.05, 4.69) is 10.6 Å². The lowest BCUT2D eigenvalue weighted by atomic mass is 9.94. The first-order chi connectivity index (χ1) is 11.7. The number of hydrogen-bond acceptors (Lipinski definition) is 3. The van der Waals surface area contributed by atoms with E-state index in [4.69, 9.17) is 32.7 Å². The molecule has 0 aliphatic carbocycles. The first-order valence-corrected chi connectivity index (χ1v) is 8.28. The second-order valence-corrected chi connectivity index (χ2v) is 6.80. The number of rotatable bonds is 5. The van der Waals surface area contributed by atoms with Gasteiger partial charge in [-0.3, -0.25) is 0 Å². The molecule has 2 amide bonds. The molecule has 134 valence electrons. The van der Waals surface area contributed by atoms with Crippen LogP contribution in [0.15, 0.2) is 36.4 Å². The van der Waals surface area contributed by atoms with Crippen molar-refractivity contribution in [1.82, 2.24) is 5.32 Å². The molecule has 0 fully saturated rings. The van der Waals surface area contributed by atoms with Crippen LogP contribution in [-0.2, 0) is 5.54 Å². The summed E-state index contributed by atoms with van der Waals surface area (Å²) < 4.78 is 10.6. The molecule has 0 saturated heterocycles. The number of benzene rings is 2. The van der Waals surface area contributed by atoms with Crippen LogP contribution in [0.4, 0.5) is 10.5 Å². The summed E-state index contributed by atoms with van der Waals surface area (Å²) in [5.41, 5.74) is 0.731. The van der Waals surface area contributed by atoms with Crippen LogP contribution in [0.25, 0.3) is 0 Å². The highest BCUT2D eigenvalue weighted by Crippen LogP contribution is 2.32. The fourth-order valence-electron chi connectivity index (χ4n) is 2.37. The zero-order chi connectivity index (χ0) is 18.6. The summed E-state index contributed by atoms with van der Waals surface area (Å²) in [5, 5.41) is 6.53. The number of urea groups is 1. The Morgan fingerprint density at radius 2 is 1.56 bits per heavy atom. The molecular weight excluding hydrogens is 363 g/mol. The fourth-order valence-corrected chi connectivity index (χ4v) is 2.90. The maximum absolute atomic E-state index is 12.3. The molecule has 2 N–H and O–H groups in total. The summed E-state index contributed by atoms with van der Waals surface area (Å²) in [7, 11) is 3.14. The van der Waals surface area contributed by atoms with Gasteiger partial charge in [-0.25, -0.2) is 4.79 Å². The topological polar surface area (TPSA) is 59.6 Å². The van der Waals surface area contributed by atoms with Crippen molar-refractivity contribution >= 4 is 34.9 Å². The molecule has 0 aliphatic rings. The predicted molar refractivity (Wildman–Crippen MR) is 101 cm³/mol. The number of halogens is 2. The summed E-state index contributed by atoms with van der Waals surface area (Å²) in [6.45, 7) is 3.78. The van der Waals surface area contributed by atoms with E-state index in [1.807, 2.05) is 26.0 Å². The minimum atomic E-state index is -0.647. The SMILES string of the molecule is COc1ccc(C(C)(C)NC(=O)Nc2cc(Cl)cc(Cl)c2)cc1OC. The van der Waals surface area contributed by atoms with Crippen molar-refractivity contribution in [3.05, 3.63) is 52.0 Å². The monoisotopic (exact) mass is 382 g/mol. The van der Waals surface area contributed by atoms with Gasteiger partial charge in [-0.1, -0.05) is 29.3 Å². The zero-order valence-corrected chi connectivity index (χ0v) is 16.0. The van der Waals surface area contributed by atoms with E-state index in [1.54, 1.807) is 38.5 Å². The molecule has 0 bridgehead atoms. The number of carbonyl (C=O) groups excluding carboxylic acids is 1. The summed E-state index contributed by atoms with van der Waals surface area (Å²) >= 11 is 11.9. The van der Waals surface area contributed by atoms with Crippen molar-refractivity contribution in [3.63, 3.8) is 0 Å². The quantitative estimate of drug-likeness (QED) is 0.758. The van der Waals surface area contributed by atoms with Gasteiger partial charge in [0.25, 0.3) is 0 Å². The predicted octanol–water partition coefficient (Wildman–Crippen LogP) is 5.07. The summed E-state index contributed by atoms with van der Waals surface area (Å²) in [6, 6.07) is 9.96. The van der Waals surface area contributed by atoms with Gasteiger partial charge in [-0.2, -0.15) is 0 Å². The Morgan fingerprint density at radius 3 is 2.12 bits per heavy atom. The van der Waals surface area contributed by atoms with E-state index in [9.17, 15) is 4.79 Å². The summed E-state index contributed by atoms with van der Waals surface area (Å²) in [4.78, 5) is 12.3. The third kappa shape index (κ3) is 4.94. The molecule has 0 saturated carbocycles. The molecule has 2 aromatic carbocycles. The molecule has 7 heteroatoms. The van der Waals surface area contributed by atoms with Crippen LogP contribution in [0.5, 0.6) is 11.5 Å². The molecule has 0 aromatic heterocycles. The van der Waals surface area contributed by atoms with Crippen LogP contribution in [-0.4, -0.2) is 20.3 Å². The first-order valence-electron chi connectivity index (χ1n) is 7.53. The van der Waals surface area contributed by atoms with Gasteiger partial charge in [0.2, 0.25) is 0 Å². The summed E-state index contributed by atoms with van der Waals surface area (Å²) in [5.74, 6) is 1.22. The minimum absolute atomic E-state index is 0.377. The van der Waals surface area contributed by atoms with E-state index < -0.39 is 5.54 Å². The van der Waals surface area contributed by atoms with Crippen molar-refractivity contribution in [1.29, 1.82) is 0 Å². The van der Waals surface area contributed by atoms with Crippen LogP contribution in [0.3, 0.4) is 0 Å². The Labute approximate surface area is 157 Å². The van der Waals surface area contributed by atoms with E-state index in [0.717, 1.165) is 5.56 Å². The molecule has 25 heavy (non-hydrogen) atoms. The number of methoxy groups -OCH3 is 2. The molecule has 2 aromatic rings. The largest absolute Gasteiger partial charge is 0.493 e. The molecular formula is C18H20Cl2N2O3. The standard InChI is InChI=1S/C18H20Cl2N2O3/c1-18(2,11-5-6-15(24-3)16(7-11)25-4)22-17(23)21-14-9-12(19)8-13(20)10-14/h5-10H,1-4H3,(H2,21,22,23). The van der Waals surface area contributed by atoms with Crippen LogP contribution in [0.2, 0.25) is 10.0 Å². The molecule has 0 radical (unpaired) electrons. The van der Waals surface area contributed by atoms with Crippen molar-refractivity contribution in [3.8, 4) is 11.5 Å². The zero-order valence-electron chi connectivity index (χ0n) is 14.4. The Hall–Kier alpha value is -2.11. The Kier molecular flexibility index (Phi) is 6.03. The molecule has 0 atom stereocenters. The number of nitrogens with one attached hydrogen (secondary N) is 2. The van der Waals surface area contributed by atoms with Gasteiger partial charge in [-0.05, 0) is 49.7 Å². The first kappa shape index (κ1) is 19.2. The summed E-state index contributed by atoms with van der Waals surface area (Å²) in [6.07, 6.45) is 0. The fraction of sp³-hybridized carbons (Fsp3) is 0.278. The van der Waals surface area contributed by atoms with Gasteiger partial charge in [-0.15, -0.1) is 0 Å². The molecule has 5 nitrogen and oxygen atoms in total. The van der Waals surface area contributed by atoms with Crippen LogP contribution < -0.4 is 20.1 Å². The second kappa shape index (κ2) is 7.85. The highest BCUT2D eigenvalue weighted by Gasteiger charge is 2.24. The van der Waals surface area contributed by atoms with E-state index in [-0.39, 0.29) is 6.03 Å². The highest BCUT2D eigenvalue weighted by atomic mass is 35.5. The van der Waals surface area contributed by atoms with Crippen LogP contribution in [0.1, 0.15) is 19.4 Å². The lowest BCUT2D eigenvalue weighted by Crippen LogP contribution is -2.43. The minimum Gasteiger partial charge on any atom is -0.493 e. The van der Waals surface area contributed by atoms with Gasteiger partial charge < -0.3 is 20.1 Å². The molecule has 2 rings (SSSR count). The molecule has 0 spiro atoms. The molecule has 0 unspecified atom stereocenters. The third-order valence-electron chi connectivity index (χ3n) is 3.65. The van der Waals surface area contributed by atoms with Gasteiger partial charge >= 0.3 is 6.03 Å². The number of hydrogen-bond donors (Lipinski definition) is 2. The van der Waals surface area contributed by atoms with Crippen molar-refractivity contribution in [2.75, 3.05) is 19.5 Å². The smallest absolute Gasteiger partial charge is 0.319 e. The number of ether oxygens (including phenoxy) is 2. The van der Waals surface area contributed by atoms with Crippen molar-refractivity contribution < 1.29 is 14.3 Å². The van der Waals surface area contributed by atoms with Crippen LogP contribution in [0, 0.1) is 0 Å². The Balaban J connectivity index is 2.15. The van der Waals surface area contributed by atoms with Crippen LogP contribution >= 0.6 is 23.2 Å². The number of carbonyl (C=O) groups is 1. The number of amides is 2. The molecule has 0 heterocycles. The highest BCUT2D eigenvalue weighted by molar-refractivity contribution is 6.35. The lowest BCUT2D eigenvalue weighted by molar-refractivity contribution is 0.241. The Morgan fingerprint density at radius 1 is 0.960 bits per heavy atom. The normalized spacial score (nSPS) is 11.0. The van der Waals surface area contributed by atoms with E-state index >= 15 is 0 Å². The lowest BCUT2D eigenvalue weighted by Gasteiger charge is -2.27. The van der Waals surface area contributed by atoms with Gasteiger partial charge in [0.15, 0.2) is 11.5 Å². The third-order valence-corrected chi connectivity index (χ3v) is 4.09. The van der Waals surface area contributed by atoms with E-state index in [1.165, 1.54) is 0 Å². The molecule has 0 aliphatic heterocycles. The van der Waals surface area contributed by atoms with Gasteiger partial charge in [0, 0.05) is 15.7 Å². The average molecular weight is 383 g/mol. The van der Waals surface area contributed by atoms with Gasteiger partial charge in [0.05, 0.1) is 19.8 Å². The maximum Gasteiger partial charge on any atom is 0.319 e. The van der Waals surface area contributed by atoms with Crippen molar-refractivity contribution in [2.24, 2.45) is 0 Å². The maximum atomic E-state index is 12.3. The second-order valence-electron chi connectivity index (χ2n) is 5.93. The number of anilines is 1.